The van der Waals surface area contributed by atoms with Crippen LogP contribution in [-0.4, -0.2) is 12.5 Å². The van der Waals surface area contributed by atoms with Crippen molar-refractivity contribution in [3.05, 3.63) is 40.9 Å². The van der Waals surface area contributed by atoms with Gasteiger partial charge >= 0.3 is 0 Å². The van der Waals surface area contributed by atoms with Crippen LogP contribution in [0.2, 0.25) is 0 Å². The van der Waals surface area contributed by atoms with E-state index in [1.54, 1.807) is 0 Å². The number of amides is 1. The van der Waals surface area contributed by atoms with Gasteiger partial charge in [0.25, 0.3) is 0 Å². The van der Waals surface area contributed by atoms with Gasteiger partial charge in [-0.25, -0.2) is 0 Å². The van der Waals surface area contributed by atoms with Crippen molar-refractivity contribution in [2.45, 2.75) is 13.8 Å². The zero-order valence-electron chi connectivity index (χ0n) is 11.7. The number of rotatable bonds is 4. The molecule has 1 amide bonds. The zero-order valence-corrected chi connectivity index (χ0v) is 13.3. The van der Waals surface area contributed by atoms with Gasteiger partial charge < -0.3 is 11.1 Å². The maximum Gasteiger partial charge on any atom is 0.229 e. The van der Waals surface area contributed by atoms with E-state index < -0.39 is 0 Å². The van der Waals surface area contributed by atoms with Crippen molar-refractivity contribution < 1.29 is 4.79 Å². The summed E-state index contributed by atoms with van der Waals surface area (Å²) >= 11 is 3.53. The average Bonchev–Trinajstić information content (AvgIpc) is 2.42. The van der Waals surface area contributed by atoms with E-state index in [1.165, 1.54) is 0 Å². The first-order chi connectivity index (χ1) is 9.54. The molecule has 106 valence electrons. The standard InChI is InChI=1S/C16H19BrN2O/c1-10(2)13(9-18)16(20)19-15-8-7-14(17)11-5-3-4-6-12(11)15/h3-8,10,13H,9,18H2,1-2H3,(H,19,20). The Labute approximate surface area is 127 Å². The molecule has 0 aliphatic rings. The molecule has 2 aromatic rings. The molecule has 1 atom stereocenters. The molecule has 0 aliphatic carbocycles. The average molecular weight is 335 g/mol. The number of hydrogen-bond acceptors (Lipinski definition) is 2. The summed E-state index contributed by atoms with van der Waals surface area (Å²) in [7, 11) is 0. The van der Waals surface area contributed by atoms with Gasteiger partial charge in [-0.2, -0.15) is 0 Å². The summed E-state index contributed by atoms with van der Waals surface area (Å²) in [6.45, 7) is 4.38. The molecule has 0 aromatic heterocycles. The topological polar surface area (TPSA) is 55.1 Å². The fraction of sp³-hybridized carbons (Fsp3) is 0.312. The highest BCUT2D eigenvalue weighted by molar-refractivity contribution is 9.10. The van der Waals surface area contributed by atoms with Crippen molar-refractivity contribution in [2.24, 2.45) is 17.6 Å². The van der Waals surface area contributed by atoms with Crippen LogP contribution in [0.25, 0.3) is 10.8 Å². The van der Waals surface area contributed by atoms with Gasteiger partial charge in [-0.1, -0.05) is 54.0 Å². The number of carbonyl (C=O) groups excluding carboxylic acids is 1. The van der Waals surface area contributed by atoms with Gasteiger partial charge in [0.05, 0.1) is 5.92 Å². The smallest absolute Gasteiger partial charge is 0.229 e. The number of carbonyl (C=O) groups is 1. The Kier molecular flexibility index (Phi) is 4.78. The molecular weight excluding hydrogens is 316 g/mol. The number of halogens is 1. The molecule has 0 saturated carbocycles. The summed E-state index contributed by atoms with van der Waals surface area (Å²) in [5.74, 6) is 0.0362. The molecular formula is C16H19BrN2O. The van der Waals surface area contributed by atoms with Gasteiger partial charge in [0.1, 0.15) is 0 Å². The minimum Gasteiger partial charge on any atom is -0.330 e. The SMILES string of the molecule is CC(C)C(CN)C(=O)Nc1ccc(Br)c2ccccc12. The van der Waals surface area contributed by atoms with Crippen LogP contribution in [0.3, 0.4) is 0 Å². The number of anilines is 1. The summed E-state index contributed by atoms with van der Waals surface area (Å²) in [5, 5.41) is 5.11. The summed E-state index contributed by atoms with van der Waals surface area (Å²) in [5.41, 5.74) is 6.52. The predicted molar refractivity (Wildman–Crippen MR) is 87.7 cm³/mol. The molecule has 3 nitrogen and oxygen atoms in total. The Balaban J connectivity index is 2.35. The molecule has 0 spiro atoms. The first-order valence-corrected chi connectivity index (χ1v) is 7.52. The second kappa shape index (κ2) is 6.37. The van der Waals surface area contributed by atoms with Crippen LogP contribution in [0.4, 0.5) is 5.69 Å². The van der Waals surface area contributed by atoms with Crippen LogP contribution < -0.4 is 11.1 Å². The molecule has 0 saturated heterocycles. The fourth-order valence-corrected chi connectivity index (χ4v) is 2.76. The van der Waals surface area contributed by atoms with Gasteiger partial charge in [-0.3, -0.25) is 4.79 Å². The van der Waals surface area contributed by atoms with Crippen LogP contribution in [0.5, 0.6) is 0 Å². The van der Waals surface area contributed by atoms with Crippen molar-refractivity contribution >= 4 is 38.3 Å². The minimum absolute atomic E-state index is 0.0185. The van der Waals surface area contributed by atoms with E-state index in [9.17, 15) is 4.79 Å². The maximum atomic E-state index is 12.3. The molecule has 4 heteroatoms. The first-order valence-electron chi connectivity index (χ1n) is 6.72. The predicted octanol–water partition coefficient (Wildman–Crippen LogP) is 3.77. The third kappa shape index (κ3) is 3.02. The molecule has 0 fully saturated rings. The maximum absolute atomic E-state index is 12.3. The summed E-state index contributed by atoms with van der Waals surface area (Å²) < 4.78 is 1.02. The van der Waals surface area contributed by atoms with Crippen molar-refractivity contribution in [1.29, 1.82) is 0 Å². The van der Waals surface area contributed by atoms with Crippen LogP contribution >= 0.6 is 15.9 Å². The van der Waals surface area contributed by atoms with Crippen molar-refractivity contribution in [1.82, 2.24) is 0 Å². The van der Waals surface area contributed by atoms with E-state index in [0.717, 1.165) is 20.9 Å². The number of nitrogens with two attached hydrogens (primary N) is 1. The van der Waals surface area contributed by atoms with Gasteiger partial charge in [0, 0.05) is 22.1 Å². The van der Waals surface area contributed by atoms with E-state index in [4.69, 9.17) is 5.73 Å². The molecule has 20 heavy (non-hydrogen) atoms. The van der Waals surface area contributed by atoms with E-state index in [2.05, 4.69) is 21.2 Å². The Morgan fingerprint density at radius 3 is 2.45 bits per heavy atom. The Morgan fingerprint density at radius 1 is 1.20 bits per heavy atom. The lowest BCUT2D eigenvalue weighted by Crippen LogP contribution is -2.33. The van der Waals surface area contributed by atoms with E-state index in [0.29, 0.717) is 6.54 Å². The normalized spacial score (nSPS) is 12.7. The second-order valence-electron chi connectivity index (χ2n) is 5.22. The zero-order chi connectivity index (χ0) is 14.7. The lowest BCUT2D eigenvalue weighted by molar-refractivity contribution is -0.120. The van der Waals surface area contributed by atoms with Crippen molar-refractivity contribution in [2.75, 3.05) is 11.9 Å². The minimum atomic E-state index is -0.169. The molecule has 0 radical (unpaired) electrons. The Morgan fingerprint density at radius 2 is 1.85 bits per heavy atom. The van der Waals surface area contributed by atoms with Gasteiger partial charge in [0.2, 0.25) is 5.91 Å². The number of benzene rings is 2. The van der Waals surface area contributed by atoms with Gasteiger partial charge in [-0.05, 0) is 23.4 Å². The summed E-state index contributed by atoms with van der Waals surface area (Å²) in [6, 6.07) is 11.8. The molecule has 0 aliphatic heterocycles. The van der Waals surface area contributed by atoms with E-state index in [-0.39, 0.29) is 17.7 Å². The fourth-order valence-electron chi connectivity index (χ4n) is 2.28. The van der Waals surface area contributed by atoms with Crippen molar-refractivity contribution in [3.63, 3.8) is 0 Å². The molecule has 1 unspecified atom stereocenters. The highest BCUT2D eigenvalue weighted by Gasteiger charge is 2.21. The van der Waals surface area contributed by atoms with E-state index >= 15 is 0 Å². The van der Waals surface area contributed by atoms with Crippen molar-refractivity contribution in [3.8, 4) is 0 Å². The molecule has 0 bridgehead atoms. The van der Waals surface area contributed by atoms with Crippen LogP contribution in [0.15, 0.2) is 40.9 Å². The first kappa shape index (κ1) is 15.0. The monoisotopic (exact) mass is 334 g/mol. The highest BCUT2D eigenvalue weighted by Crippen LogP contribution is 2.30. The Bertz CT molecular complexity index is 625. The van der Waals surface area contributed by atoms with Crippen LogP contribution in [0.1, 0.15) is 13.8 Å². The quantitative estimate of drug-likeness (QED) is 0.894. The molecule has 2 aromatic carbocycles. The summed E-state index contributed by atoms with van der Waals surface area (Å²) in [4.78, 5) is 12.3. The Hall–Kier alpha value is -1.39. The van der Waals surface area contributed by atoms with Crippen LogP contribution in [-0.2, 0) is 4.79 Å². The van der Waals surface area contributed by atoms with E-state index in [1.807, 2.05) is 50.2 Å². The second-order valence-corrected chi connectivity index (χ2v) is 6.07. The number of nitrogens with one attached hydrogen (secondary N) is 1. The number of fused-ring (bicyclic) bond motifs is 1. The number of hydrogen-bond donors (Lipinski definition) is 2. The van der Waals surface area contributed by atoms with Gasteiger partial charge in [0.15, 0.2) is 0 Å². The molecule has 3 N–H and O–H groups in total. The highest BCUT2D eigenvalue weighted by atomic mass is 79.9. The van der Waals surface area contributed by atoms with Crippen LogP contribution in [0, 0.1) is 11.8 Å². The third-order valence-corrected chi connectivity index (χ3v) is 4.22. The lowest BCUT2D eigenvalue weighted by Gasteiger charge is -2.19. The largest absolute Gasteiger partial charge is 0.330 e. The lowest BCUT2D eigenvalue weighted by atomic mass is 9.95. The third-order valence-electron chi connectivity index (χ3n) is 3.52. The molecule has 0 heterocycles. The summed E-state index contributed by atoms with van der Waals surface area (Å²) in [6.07, 6.45) is 0. The molecule has 2 rings (SSSR count). The van der Waals surface area contributed by atoms with Gasteiger partial charge in [-0.15, -0.1) is 0 Å².